The van der Waals surface area contributed by atoms with Gasteiger partial charge >= 0.3 is 0 Å². The number of allylic oxidation sites excluding steroid dienone is 11. The van der Waals surface area contributed by atoms with Gasteiger partial charge in [-0.1, -0.05) is 61.3 Å². The van der Waals surface area contributed by atoms with Crippen LogP contribution in [0.5, 0.6) is 0 Å². The third-order valence-corrected chi connectivity index (χ3v) is 1.96. The van der Waals surface area contributed by atoms with E-state index in [0.29, 0.717) is 0 Å². The zero-order chi connectivity index (χ0) is 10.2. The Morgan fingerprint density at radius 2 is 2.29 bits per heavy atom. The molecule has 0 aromatic rings. The second kappa shape index (κ2) is 5.98. The Hall–Kier alpha value is -1.56. The molecule has 0 atom stereocenters. The molecule has 14 heavy (non-hydrogen) atoms. The maximum Gasteiger partial charge on any atom is -0.0163 e. The summed E-state index contributed by atoms with van der Waals surface area (Å²) in [7, 11) is 0. The second-order valence-electron chi connectivity index (χ2n) is 3.05. The molecule has 0 unspecified atom stereocenters. The summed E-state index contributed by atoms with van der Waals surface area (Å²) >= 11 is 0. The Bertz CT molecular complexity index is 333. The smallest absolute Gasteiger partial charge is 0.0163 e. The molecular formula is C14H16. The van der Waals surface area contributed by atoms with E-state index in [4.69, 9.17) is 0 Å². The zero-order valence-corrected chi connectivity index (χ0v) is 8.61. The van der Waals surface area contributed by atoms with Gasteiger partial charge in [0.15, 0.2) is 0 Å². The van der Waals surface area contributed by atoms with Crippen LogP contribution in [0.1, 0.15) is 13.3 Å². The van der Waals surface area contributed by atoms with E-state index in [-0.39, 0.29) is 0 Å². The van der Waals surface area contributed by atoms with E-state index in [9.17, 15) is 0 Å². The topological polar surface area (TPSA) is 0 Å². The molecule has 1 rings (SSSR count). The summed E-state index contributed by atoms with van der Waals surface area (Å²) in [5.74, 6) is 0. The lowest BCUT2D eigenvalue weighted by Gasteiger charge is -2.00. The van der Waals surface area contributed by atoms with Crippen LogP contribution in [0.4, 0.5) is 0 Å². The summed E-state index contributed by atoms with van der Waals surface area (Å²) in [4.78, 5) is 0. The minimum Gasteiger partial charge on any atom is -0.0990 e. The van der Waals surface area contributed by atoms with Crippen LogP contribution in [-0.2, 0) is 0 Å². The van der Waals surface area contributed by atoms with Crippen molar-refractivity contribution >= 4 is 0 Å². The molecule has 0 heterocycles. The van der Waals surface area contributed by atoms with Crippen LogP contribution in [0.25, 0.3) is 0 Å². The number of hydrogen-bond donors (Lipinski definition) is 0. The molecule has 72 valence electrons. The van der Waals surface area contributed by atoms with Gasteiger partial charge in [0.1, 0.15) is 0 Å². The lowest BCUT2D eigenvalue weighted by atomic mass is 10.0. The molecule has 0 fully saturated rings. The van der Waals surface area contributed by atoms with Crippen molar-refractivity contribution in [3.63, 3.8) is 0 Å². The predicted molar refractivity (Wildman–Crippen MR) is 64.1 cm³/mol. The van der Waals surface area contributed by atoms with Crippen molar-refractivity contribution in [3.8, 4) is 0 Å². The Kier molecular flexibility index (Phi) is 4.49. The van der Waals surface area contributed by atoms with E-state index in [2.05, 4.69) is 43.0 Å². The summed E-state index contributed by atoms with van der Waals surface area (Å²) in [5, 5.41) is 0. The molecule has 0 aliphatic heterocycles. The molecule has 1 aliphatic rings. The lowest BCUT2D eigenvalue weighted by molar-refractivity contribution is 1.40. The largest absolute Gasteiger partial charge is 0.0990 e. The van der Waals surface area contributed by atoms with Gasteiger partial charge in [-0.2, -0.15) is 0 Å². The second-order valence-corrected chi connectivity index (χ2v) is 3.05. The first kappa shape index (κ1) is 10.5. The number of rotatable bonds is 3. The molecule has 0 nitrogen and oxygen atoms in total. The first-order valence-corrected chi connectivity index (χ1v) is 4.87. The fourth-order valence-corrected chi connectivity index (χ4v) is 1.33. The maximum absolute atomic E-state index is 3.72. The molecule has 1 aliphatic carbocycles. The van der Waals surface area contributed by atoms with E-state index in [1.807, 2.05) is 25.2 Å². The molecule has 0 aromatic carbocycles. The van der Waals surface area contributed by atoms with Gasteiger partial charge in [0.25, 0.3) is 0 Å². The third kappa shape index (κ3) is 3.06. The molecule has 0 saturated carbocycles. The van der Waals surface area contributed by atoms with Crippen molar-refractivity contribution in [1.29, 1.82) is 0 Å². The fraction of sp³-hybridized carbons (Fsp3) is 0.143. The van der Waals surface area contributed by atoms with Gasteiger partial charge in [-0.15, -0.1) is 0 Å². The monoisotopic (exact) mass is 184 g/mol. The Labute approximate surface area is 86.3 Å². The van der Waals surface area contributed by atoms with Crippen molar-refractivity contribution in [2.75, 3.05) is 0 Å². The van der Waals surface area contributed by atoms with E-state index in [0.717, 1.165) is 6.42 Å². The lowest BCUT2D eigenvalue weighted by Crippen LogP contribution is -1.81. The standard InChI is InChI=1S/C14H16/c1-3-9-13(10-4-2)14-11-7-5-6-8-12-14/h3-5,7-12H,1,6H2,2H3/b10-4-,13-9+. The first-order valence-electron chi connectivity index (χ1n) is 4.87. The van der Waals surface area contributed by atoms with Crippen LogP contribution in [0, 0.1) is 0 Å². The summed E-state index contributed by atoms with van der Waals surface area (Å²) in [6, 6.07) is 0. The molecule has 0 amide bonds. The summed E-state index contributed by atoms with van der Waals surface area (Å²) in [6.45, 7) is 5.74. The first-order chi connectivity index (χ1) is 6.88. The molecule has 0 bridgehead atoms. The molecule has 0 saturated heterocycles. The van der Waals surface area contributed by atoms with Crippen LogP contribution in [0.2, 0.25) is 0 Å². The highest BCUT2D eigenvalue weighted by Gasteiger charge is 1.96. The van der Waals surface area contributed by atoms with E-state index < -0.39 is 0 Å². The van der Waals surface area contributed by atoms with Crippen LogP contribution in [-0.4, -0.2) is 0 Å². The quantitative estimate of drug-likeness (QED) is 0.579. The van der Waals surface area contributed by atoms with Crippen LogP contribution < -0.4 is 0 Å². The van der Waals surface area contributed by atoms with Gasteiger partial charge in [0, 0.05) is 0 Å². The summed E-state index contributed by atoms with van der Waals surface area (Å²) < 4.78 is 0. The van der Waals surface area contributed by atoms with Crippen LogP contribution >= 0.6 is 0 Å². The predicted octanol–water partition coefficient (Wildman–Crippen LogP) is 4.12. The highest BCUT2D eigenvalue weighted by molar-refractivity contribution is 5.50. The van der Waals surface area contributed by atoms with Gasteiger partial charge in [-0.3, -0.25) is 0 Å². The number of hydrogen-bond acceptors (Lipinski definition) is 0. The molecule has 0 aromatic heterocycles. The molecule has 0 N–H and O–H groups in total. The van der Waals surface area contributed by atoms with Crippen molar-refractivity contribution in [2.24, 2.45) is 0 Å². The van der Waals surface area contributed by atoms with Crippen LogP contribution in [0.15, 0.2) is 72.4 Å². The highest BCUT2D eigenvalue weighted by Crippen LogP contribution is 2.16. The van der Waals surface area contributed by atoms with Crippen molar-refractivity contribution in [1.82, 2.24) is 0 Å². The zero-order valence-electron chi connectivity index (χ0n) is 8.61. The van der Waals surface area contributed by atoms with Gasteiger partial charge in [-0.05, 0) is 24.5 Å². The summed E-state index contributed by atoms with van der Waals surface area (Å²) in [6.07, 6.45) is 19.7. The third-order valence-electron chi connectivity index (χ3n) is 1.96. The minimum atomic E-state index is 1.01. The Morgan fingerprint density at radius 3 is 3.00 bits per heavy atom. The van der Waals surface area contributed by atoms with E-state index >= 15 is 0 Å². The highest BCUT2D eigenvalue weighted by atomic mass is 14.0. The van der Waals surface area contributed by atoms with Gasteiger partial charge < -0.3 is 0 Å². The van der Waals surface area contributed by atoms with Crippen LogP contribution in [0.3, 0.4) is 0 Å². The minimum absolute atomic E-state index is 1.01. The van der Waals surface area contributed by atoms with E-state index in [1.165, 1.54) is 11.1 Å². The van der Waals surface area contributed by atoms with Crippen molar-refractivity contribution in [2.45, 2.75) is 13.3 Å². The summed E-state index contributed by atoms with van der Waals surface area (Å²) in [5.41, 5.74) is 2.43. The Morgan fingerprint density at radius 1 is 1.43 bits per heavy atom. The molecule has 0 radical (unpaired) electrons. The fourth-order valence-electron chi connectivity index (χ4n) is 1.33. The normalized spacial score (nSPS) is 16.9. The van der Waals surface area contributed by atoms with Crippen molar-refractivity contribution in [3.05, 3.63) is 72.4 Å². The SMILES string of the molecule is C=C/C=C(\C=C/C)C1=CC=CCC=C1. The molecule has 0 spiro atoms. The van der Waals surface area contributed by atoms with E-state index in [1.54, 1.807) is 0 Å². The average Bonchev–Trinajstić information content (AvgIpc) is 2.45. The van der Waals surface area contributed by atoms with Gasteiger partial charge in [0.2, 0.25) is 0 Å². The van der Waals surface area contributed by atoms with Gasteiger partial charge in [-0.25, -0.2) is 0 Å². The maximum atomic E-state index is 3.72. The Balaban J connectivity index is 2.98. The molecule has 0 heteroatoms. The molecular weight excluding hydrogens is 168 g/mol. The van der Waals surface area contributed by atoms with Gasteiger partial charge in [0.05, 0.1) is 0 Å². The van der Waals surface area contributed by atoms with Crippen molar-refractivity contribution < 1.29 is 0 Å². The average molecular weight is 184 g/mol.